The molecule has 0 unspecified atom stereocenters. The van der Waals surface area contributed by atoms with Crippen molar-refractivity contribution >= 4 is 10.9 Å². The van der Waals surface area contributed by atoms with Gasteiger partial charge in [-0.25, -0.2) is 0 Å². The molecule has 0 saturated heterocycles. The molecule has 2 aromatic rings. The molecule has 0 aliphatic heterocycles. The molecule has 0 saturated carbocycles. The lowest BCUT2D eigenvalue weighted by atomic mass is 10.1. The monoisotopic (exact) mass is 262 g/mol. The van der Waals surface area contributed by atoms with Gasteiger partial charge in [-0.15, -0.1) is 0 Å². The second-order valence-electron chi connectivity index (χ2n) is 4.53. The zero-order chi connectivity index (χ0) is 13.5. The van der Waals surface area contributed by atoms with Gasteiger partial charge in [0.15, 0.2) is 0 Å². The molecule has 1 N–H and O–H groups in total. The van der Waals surface area contributed by atoms with Gasteiger partial charge in [0, 0.05) is 40.1 Å². The Morgan fingerprint density at radius 2 is 1.95 bits per heavy atom. The molecule has 0 amide bonds. The molecule has 4 heteroatoms. The number of hydrogen-bond donors (Lipinski definition) is 1. The normalized spacial score (nSPS) is 11.3. The Morgan fingerprint density at radius 3 is 2.74 bits per heavy atom. The van der Waals surface area contributed by atoms with Crippen LogP contribution in [0.4, 0.5) is 0 Å². The topological polar surface area (TPSA) is 35.4 Å². The van der Waals surface area contributed by atoms with E-state index in [1.807, 2.05) is 0 Å². The first kappa shape index (κ1) is 14.1. The van der Waals surface area contributed by atoms with Gasteiger partial charge < -0.3 is 19.4 Å². The summed E-state index contributed by atoms with van der Waals surface area (Å²) >= 11 is 0. The van der Waals surface area contributed by atoms with Gasteiger partial charge in [-0.2, -0.15) is 0 Å². The van der Waals surface area contributed by atoms with Crippen LogP contribution in [0, 0.1) is 0 Å². The van der Waals surface area contributed by atoms with E-state index < -0.39 is 0 Å². The number of para-hydroxylation sites is 1. The number of ether oxygens (including phenoxy) is 2. The maximum absolute atomic E-state index is 5.16. The van der Waals surface area contributed by atoms with Crippen LogP contribution in [0.1, 0.15) is 5.56 Å². The SMILES string of the molecule is COCCNCc1cccc2ccn(CCOC)c12. The third-order valence-corrected chi connectivity index (χ3v) is 3.21. The van der Waals surface area contributed by atoms with Gasteiger partial charge in [0.2, 0.25) is 0 Å². The summed E-state index contributed by atoms with van der Waals surface area (Å²) in [5.74, 6) is 0. The second kappa shape index (κ2) is 7.28. The number of rotatable bonds is 8. The zero-order valence-corrected chi connectivity index (χ0v) is 11.7. The van der Waals surface area contributed by atoms with E-state index in [0.717, 1.165) is 32.8 Å². The molecule has 0 aliphatic carbocycles. The minimum atomic E-state index is 0.731. The lowest BCUT2D eigenvalue weighted by Gasteiger charge is -2.10. The van der Waals surface area contributed by atoms with Crippen LogP contribution in [0.25, 0.3) is 10.9 Å². The fourth-order valence-electron chi connectivity index (χ4n) is 2.26. The highest BCUT2D eigenvalue weighted by molar-refractivity contribution is 5.83. The van der Waals surface area contributed by atoms with Gasteiger partial charge in [0.25, 0.3) is 0 Å². The van der Waals surface area contributed by atoms with Gasteiger partial charge in [-0.1, -0.05) is 18.2 Å². The van der Waals surface area contributed by atoms with Crippen molar-refractivity contribution in [1.29, 1.82) is 0 Å². The predicted molar refractivity (Wildman–Crippen MR) is 77.4 cm³/mol. The van der Waals surface area contributed by atoms with Gasteiger partial charge in [-0.05, 0) is 17.0 Å². The minimum Gasteiger partial charge on any atom is -0.383 e. The first-order valence-electron chi connectivity index (χ1n) is 6.62. The summed E-state index contributed by atoms with van der Waals surface area (Å²) in [6.07, 6.45) is 2.13. The molecule has 0 bridgehead atoms. The molecule has 4 nitrogen and oxygen atoms in total. The first-order chi connectivity index (χ1) is 9.36. The van der Waals surface area contributed by atoms with Crippen molar-refractivity contribution in [3.63, 3.8) is 0 Å². The molecular weight excluding hydrogens is 240 g/mol. The summed E-state index contributed by atoms with van der Waals surface area (Å²) in [4.78, 5) is 0. The van der Waals surface area contributed by atoms with Crippen LogP contribution >= 0.6 is 0 Å². The van der Waals surface area contributed by atoms with Gasteiger partial charge in [0.1, 0.15) is 0 Å². The summed E-state index contributed by atoms with van der Waals surface area (Å²) in [6.45, 7) is 4.08. The number of nitrogens with zero attached hydrogens (tertiary/aromatic N) is 1. The number of fused-ring (bicyclic) bond motifs is 1. The van der Waals surface area contributed by atoms with Gasteiger partial charge in [-0.3, -0.25) is 0 Å². The summed E-state index contributed by atoms with van der Waals surface area (Å²) in [6, 6.07) is 8.59. The Hall–Kier alpha value is -1.36. The molecule has 0 radical (unpaired) electrons. The van der Waals surface area contributed by atoms with E-state index in [1.54, 1.807) is 14.2 Å². The lowest BCUT2D eigenvalue weighted by molar-refractivity contribution is 0.188. The van der Waals surface area contributed by atoms with Crippen LogP contribution < -0.4 is 5.32 Å². The molecule has 0 spiro atoms. The van der Waals surface area contributed by atoms with E-state index in [0.29, 0.717) is 0 Å². The summed E-state index contributed by atoms with van der Waals surface area (Å²) in [5, 5.41) is 4.68. The second-order valence-corrected chi connectivity index (χ2v) is 4.53. The molecule has 2 rings (SSSR count). The van der Waals surface area contributed by atoms with Crippen molar-refractivity contribution in [2.45, 2.75) is 13.1 Å². The Labute approximate surface area is 114 Å². The average Bonchev–Trinajstić information content (AvgIpc) is 2.85. The number of nitrogens with one attached hydrogen (secondary N) is 1. The number of aromatic nitrogens is 1. The number of hydrogen-bond acceptors (Lipinski definition) is 3. The van der Waals surface area contributed by atoms with E-state index in [9.17, 15) is 0 Å². The van der Waals surface area contributed by atoms with Crippen molar-refractivity contribution in [2.75, 3.05) is 34.0 Å². The Kier molecular flexibility index (Phi) is 5.39. The van der Waals surface area contributed by atoms with Gasteiger partial charge in [0.05, 0.1) is 18.7 Å². The number of benzene rings is 1. The standard InChI is InChI=1S/C15H22N2O2/c1-18-10-7-16-12-14-5-3-4-13-6-8-17(15(13)14)9-11-19-2/h3-6,8,16H,7,9-12H2,1-2H3. The van der Waals surface area contributed by atoms with Crippen molar-refractivity contribution in [3.05, 3.63) is 36.0 Å². The Morgan fingerprint density at radius 1 is 1.11 bits per heavy atom. The minimum absolute atomic E-state index is 0.731. The quantitative estimate of drug-likeness (QED) is 0.739. The molecule has 1 aromatic heterocycles. The molecule has 104 valence electrons. The molecule has 19 heavy (non-hydrogen) atoms. The van der Waals surface area contributed by atoms with Crippen LogP contribution in [-0.4, -0.2) is 38.5 Å². The maximum atomic E-state index is 5.16. The Balaban J connectivity index is 2.14. The van der Waals surface area contributed by atoms with Crippen LogP contribution in [0.3, 0.4) is 0 Å². The van der Waals surface area contributed by atoms with Crippen LogP contribution in [0.2, 0.25) is 0 Å². The average molecular weight is 262 g/mol. The van der Waals surface area contributed by atoms with Crippen LogP contribution in [0.5, 0.6) is 0 Å². The molecule has 0 atom stereocenters. The van der Waals surface area contributed by atoms with E-state index in [4.69, 9.17) is 9.47 Å². The molecule has 0 fully saturated rings. The highest BCUT2D eigenvalue weighted by Gasteiger charge is 2.06. The molecule has 0 aliphatic rings. The van der Waals surface area contributed by atoms with Crippen LogP contribution in [0.15, 0.2) is 30.5 Å². The van der Waals surface area contributed by atoms with E-state index in [-0.39, 0.29) is 0 Å². The molecular formula is C15H22N2O2. The van der Waals surface area contributed by atoms with Crippen molar-refractivity contribution < 1.29 is 9.47 Å². The summed E-state index contributed by atoms with van der Waals surface area (Å²) in [7, 11) is 3.46. The van der Waals surface area contributed by atoms with Crippen molar-refractivity contribution in [3.8, 4) is 0 Å². The van der Waals surface area contributed by atoms with Crippen molar-refractivity contribution in [2.24, 2.45) is 0 Å². The van der Waals surface area contributed by atoms with Gasteiger partial charge >= 0.3 is 0 Å². The smallest absolute Gasteiger partial charge is 0.0641 e. The highest BCUT2D eigenvalue weighted by atomic mass is 16.5. The highest BCUT2D eigenvalue weighted by Crippen LogP contribution is 2.20. The van der Waals surface area contributed by atoms with E-state index >= 15 is 0 Å². The summed E-state index contributed by atoms with van der Waals surface area (Å²) in [5.41, 5.74) is 2.61. The molecule has 1 heterocycles. The third kappa shape index (κ3) is 3.56. The fourth-order valence-corrected chi connectivity index (χ4v) is 2.26. The van der Waals surface area contributed by atoms with Crippen molar-refractivity contribution in [1.82, 2.24) is 9.88 Å². The van der Waals surface area contributed by atoms with E-state index in [1.165, 1.54) is 16.5 Å². The lowest BCUT2D eigenvalue weighted by Crippen LogP contribution is -2.19. The zero-order valence-electron chi connectivity index (χ0n) is 11.7. The van der Waals surface area contributed by atoms with Crippen LogP contribution in [-0.2, 0) is 22.6 Å². The summed E-state index contributed by atoms with van der Waals surface area (Å²) < 4.78 is 12.5. The predicted octanol–water partition coefficient (Wildman–Crippen LogP) is 2.02. The third-order valence-electron chi connectivity index (χ3n) is 3.21. The molecule has 1 aromatic carbocycles. The maximum Gasteiger partial charge on any atom is 0.0641 e. The fraction of sp³-hybridized carbons (Fsp3) is 0.467. The first-order valence-corrected chi connectivity index (χ1v) is 6.62. The Bertz CT molecular complexity index is 508. The largest absolute Gasteiger partial charge is 0.383 e. The number of methoxy groups -OCH3 is 2. The van der Waals surface area contributed by atoms with E-state index in [2.05, 4.69) is 40.3 Å².